The summed E-state index contributed by atoms with van der Waals surface area (Å²) in [5.41, 5.74) is 7.55. The van der Waals surface area contributed by atoms with Crippen molar-refractivity contribution in [2.75, 3.05) is 6.61 Å². The van der Waals surface area contributed by atoms with Gasteiger partial charge in [0.15, 0.2) is 0 Å². The van der Waals surface area contributed by atoms with Gasteiger partial charge in [0.1, 0.15) is 18.1 Å². The summed E-state index contributed by atoms with van der Waals surface area (Å²) in [6.45, 7) is 0.398. The Kier molecular flexibility index (Phi) is 3.64. The molecule has 2 aromatic rings. The molecule has 6 heteroatoms. The summed E-state index contributed by atoms with van der Waals surface area (Å²) in [4.78, 5) is 0.268. The molecule has 22 heavy (non-hydrogen) atoms. The zero-order chi connectivity index (χ0) is 15.7. The van der Waals surface area contributed by atoms with Gasteiger partial charge < -0.3 is 15.6 Å². The average Bonchev–Trinajstić information content (AvgIpc) is 2.76. The number of hydrogen-bond acceptors (Lipinski definition) is 5. The fourth-order valence-electron chi connectivity index (χ4n) is 2.35. The maximum absolute atomic E-state index is 12.2. The van der Waals surface area contributed by atoms with E-state index in [0.29, 0.717) is 16.9 Å². The van der Waals surface area contributed by atoms with Crippen molar-refractivity contribution in [1.29, 1.82) is 0 Å². The van der Waals surface area contributed by atoms with Crippen molar-refractivity contribution in [2.24, 2.45) is 5.73 Å². The number of sulfone groups is 1. The van der Waals surface area contributed by atoms with Crippen LogP contribution in [-0.4, -0.2) is 20.1 Å². The molecule has 3 rings (SSSR count). The summed E-state index contributed by atoms with van der Waals surface area (Å²) in [5.74, 6) is 0.573. The second-order valence-electron chi connectivity index (χ2n) is 5.01. The van der Waals surface area contributed by atoms with Gasteiger partial charge in [0.2, 0.25) is 9.84 Å². The van der Waals surface area contributed by atoms with Crippen LogP contribution in [0.4, 0.5) is 0 Å². The van der Waals surface area contributed by atoms with Gasteiger partial charge in [-0.15, -0.1) is 0 Å². The minimum Gasteiger partial charge on any atom is -0.508 e. The highest BCUT2D eigenvalue weighted by Gasteiger charge is 2.27. The van der Waals surface area contributed by atoms with Crippen LogP contribution >= 0.6 is 0 Å². The highest BCUT2D eigenvalue weighted by Crippen LogP contribution is 2.34. The van der Waals surface area contributed by atoms with Gasteiger partial charge in [0.25, 0.3) is 0 Å². The summed E-state index contributed by atoms with van der Waals surface area (Å²) in [7, 11) is -3.45. The van der Waals surface area contributed by atoms with E-state index in [9.17, 15) is 13.5 Å². The fraction of sp³-hybridized carbons (Fsp3) is 0.125. The van der Waals surface area contributed by atoms with Crippen LogP contribution in [0.25, 0.3) is 5.57 Å². The lowest BCUT2D eigenvalue weighted by molar-refractivity contribution is 0.366. The molecule has 0 saturated heterocycles. The molecule has 0 radical (unpaired) electrons. The van der Waals surface area contributed by atoms with Gasteiger partial charge in [-0.3, -0.25) is 0 Å². The molecule has 3 N–H and O–H groups in total. The molecule has 0 saturated carbocycles. The highest BCUT2D eigenvalue weighted by molar-refractivity contribution is 7.95. The Morgan fingerprint density at radius 3 is 2.68 bits per heavy atom. The van der Waals surface area contributed by atoms with Crippen molar-refractivity contribution >= 4 is 15.4 Å². The van der Waals surface area contributed by atoms with Crippen LogP contribution in [0, 0.1) is 0 Å². The number of ether oxygens (including phenoxy) is 1. The van der Waals surface area contributed by atoms with Crippen molar-refractivity contribution in [3.05, 3.63) is 59.0 Å². The third-order valence-electron chi connectivity index (χ3n) is 3.44. The van der Waals surface area contributed by atoms with Crippen LogP contribution in [0.1, 0.15) is 11.1 Å². The van der Waals surface area contributed by atoms with E-state index in [-0.39, 0.29) is 23.8 Å². The van der Waals surface area contributed by atoms with Gasteiger partial charge in [0, 0.05) is 29.2 Å². The first-order valence-electron chi connectivity index (χ1n) is 6.70. The van der Waals surface area contributed by atoms with Crippen molar-refractivity contribution in [1.82, 2.24) is 0 Å². The van der Waals surface area contributed by atoms with Crippen LogP contribution in [0.15, 0.2) is 52.8 Å². The van der Waals surface area contributed by atoms with E-state index in [1.807, 2.05) is 6.07 Å². The predicted octanol–water partition coefficient (Wildman–Crippen LogP) is 2.06. The topological polar surface area (TPSA) is 89.6 Å². The molecule has 0 aromatic heterocycles. The van der Waals surface area contributed by atoms with Gasteiger partial charge in [-0.25, -0.2) is 8.42 Å². The SMILES string of the molecule is NCc1ccc2c(c1)S(=O)(=O)C=C2COc1cccc(O)c1. The Morgan fingerprint density at radius 1 is 1.14 bits per heavy atom. The zero-order valence-corrected chi connectivity index (χ0v) is 12.5. The van der Waals surface area contributed by atoms with E-state index in [1.165, 1.54) is 17.5 Å². The third-order valence-corrected chi connectivity index (χ3v) is 4.99. The molecule has 0 aliphatic carbocycles. The summed E-state index contributed by atoms with van der Waals surface area (Å²) in [6.07, 6.45) is 0. The minimum absolute atomic E-state index is 0.0958. The molecule has 1 heterocycles. The number of phenolic OH excluding ortho intramolecular Hbond substituents is 1. The van der Waals surface area contributed by atoms with Crippen LogP contribution in [-0.2, 0) is 16.4 Å². The maximum atomic E-state index is 12.2. The Bertz CT molecular complexity index is 856. The van der Waals surface area contributed by atoms with Gasteiger partial charge in [0.05, 0.1) is 4.90 Å². The van der Waals surface area contributed by atoms with E-state index < -0.39 is 9.84 Å². The summed E-state index contributed by atoms with van der Waals surface area (Å²) < 4.78 is 29.9. The van der Waals surface area contributed by atoms with Crippen LogP contribution in [0.5, 0.6) is 11.5 Å². The number of nitrogens with two attached hydrogens (primary N) is 1. The van der Waals surface area contributed by atoms with E-state index in [2.05, 4.69) is 0 Å². The first-order chi connectivity index (χ1) is 10.5. The molecule has 0 amide bonds. The molecular formula is C16H15NO4S. The Morgan fingerprint density at radius 2 is 1.95 bits per heavy atom. The van der Waals surface area contributed by atoms with E-state index in [4.69, 9.17) is 10.5 Å². The van der Waals surface area contributed by atoms with Crippen molar-refractivity contribution in [2.45, 2.75) is 11.4 Å². The van der Waals surface area contributed by atoms with Crippen molar-refractivity contribution in [3.8, 4) is 11.5 Å². The van der Waals surface area contributed by atoms with Crippen LogP contribution < -0.4 is 10.5 Å². The Labute approximate surface area is 128 Å². The molecular weight excluding hydrogens is 302 g/mol. The molecule has 0 bridgehead atoms. The molecule has 5 nitrogen and oxygen atoms in total. The molecule has 1 aliphatic rings. The molecule has 0 atom stereocenters. The number of phenols is 1. The third kappa shape index (κ3) is 2.70. The minimum atomic E-state index is -3.45. The summed E-state index contributed by atoms with van der Waals surface area (Å²) in [5, 5.41) is 10.6. The van der Waals surface area contributed by atoms with Crippen molar-refractivity contribution < 1.29 is 18.3 Å². The van der Waals surface area contributed by atoms with Gasteiger partial charge in [-0.1, -0.05) is 18.2 Å². The lowest BCUT2D eigenvalue weighted by atomic mass is 10.1. The normalized spacial score (nSPS) is 15.2. The van der Waals surface area contributed by atoms with E-state index in [0.717, 1.165) is 5.56 Å². The van der Waals surface area contributed by atoms with Crippen molar-refractivity contribution in [3.63, 3.8) is 0 Å². The second-order valence-corrected chi connectivity index (χ2v) is 6.77. The number of aromatic hydroxyl groups is 1. The molecule has 114 valence electrons. The van der Waals surface area contributed by atoms with Crippen LogP contribution in [0.3, 0.4) is 0 Å². The number of rotatable bonds is 4. The van der Waals surface area contributed by atoms with Gasteiger partial charge in [-0.2, -0.15) is 0 Å². The first kappa shape index (κ1) is 14.6. The second kappa shape index (κ2) is 5.47. The van der Waals surface area contributed by atoms with Crippen LogP contribution in [0.2, 0.25) is 0 Å². The van der Waals surface area contributed by atoms with E-state index in [1.54, 1.807) is 24.3 Å². The fourth-order valence-corrected chi connectivity index (χ4v) is 3.87. The lowest BCUT2D eigenvalue weighted by Crippen LogP contribution is -2.01. The lowest BCUT2D eigenvalue weighted by Gasteiger charge is -2.09. The molecule has 0 fully saturated rings. The molecule has 1 aliphatic heterocycles. The monoisotopic (exact) mass is 317 g/mol. The quantitative estimate of drug-likeness (QED) is 0.901. The average molecular weight is 317 g/mol. The van der Waals surface area contributed by atoms with E-state index >= 15 is 0 Å². The largest absolute Gasteiger partial charge is 0.508 e. The predicted molar refractivity (Wildman–Crippen MR) is 83.1 cm³/mol. The van der Waals surface area contributed by atoms with Gasteiger partial charge >= 0.3 is 0 Å². The standard InChI is InChI=1S/C16H15NO4S/c17-8-11-4-5-15-12(10-22(19,20)16(15)6-11)9-21-14-3-1-2-13(18)7-14/h1-7,10,18H,8-9,17H2. The number of fused-ring (bicyclic) bond motifs is 1. The summed E-state index contributed by atoms with van der Waals surface area (Å²) in [6, 6.07) is 11.5. The Hall–Kier alpha value is -2.31. The maximum Gasteiger partial charge on any atom is 0.200 e. The highest BCUT2D eigenvalue weighted by atomic mass is 32.2. The zero-order valence-electron chi connectivity index (χ0n) is 11.7. The Balaban J connectivity index is 1.88. The van der Waals surface area contributed by atoms with Gasteiger partial charge in [-0.05, 0) is 23.8 Å². The first-order valence-corrected chi connectivity index (χ1v) is 8.25. The molecule has 0 unspecified atom stereocenters. The number of benzene rings is 2. The smallest absolute Gasteiger partial charge is 0.200 e. The molecule has 2 aromatic carbocycles. The number of hydrogen-bond donors (Lipinski definition) is 2. The molecule has 0 spiro atoms. The summed E-state index contributed by atoms with van der Waals surface area (Å²) >= 11 is 0.